The van der Waals surface area contributed by atoms with Crippen molar-refractivity contribution in [2.75, 3.05) is 37.6 Å². The summed E-state index contributed by atoms with van der Waals surface area (Å²) in [6, 6.07) is 16.1. The average molecular weight is 578 g/mol. The summed E-state index contributed by atoms with van der Waals surface area (Å²) in [5, 5.41) is 11.3. The fourth-order valence-electron chi connectivity index (χ4n) is 6.73. The molecule has 3 aliphatic rings. The van der Waals surface area contributed by atoms with Gasteiger partial charge in [-0.2, -0.15) is 5.26 Å². The highest BCUT2D eigenvalue weighted by Crippen LogP contribution is 2.35. The predicted octanol–water partition coefficient (Wildman–Crippen LogP) is 6.25. The molecule has 8 nitrogen and oxygen atoms in total. The number of nitriles is 1. The molecule has 43 heavy (non-hydrogen) atoms. The Labute approximate surface area is 252 Å². The van der Waals surface area contributed by atoms with Gasteiger partial charge in [-0.3, -0.25) is 19.4 Å². The first-order valence-electron chi connectivity index (χ1n) is 16.0. The van der Waals surface area contributed by atoms with Crippen molar-refractivity contribution in [3.8, 4) is 6.07 Å². The first kappa shape index (κ1) is 27.7. The Hall–Kier alpha value is -4.09. The molecule has 0 bridgehead atoms. The normalized spacial score (nSPS) is 18.0. The quantitative estimate of drug-likeness (QED) is 0.187. The van der Waals surface area contributed by atoms with Crippen LogP contribution in [0.1, 0.15) is 73.0 Å². The number of aromatic amines is 1. The van der Waals surface area contributed by atoms with E-state index >= 15 is 0 Å². The number of furan rings is 1. The van der Waals surface area contributed by atoms with Gasteiger partial charge in [0, 0.05) is 66.3 Å². The molecule has 1 aliphatic heterocycles. The third-order valence-electron chi connectivity index (χ3n) is 9.87. The van der Waals surface area contributed by atoms with Crippen LogP contribution in [0.4, 0.5) is 5.69 Å². The van der Waals surface area contributed by atoms with Gasteiger partial charge in [0.1, 0.15) is 5.58 Å². The smallest absolute Gasteiger partial charge is 0.296 e. The third kappa shape index (κ3) is 5.54. The lowest BCUT2D eigenvalue weighted by Gasteiger charge is -2.39. The summed E-state index contributed by atoms with van der Waals surface area (Å²) in [6.07, 6.45) is 11.1. The molecule has 2 aliphatic carbocycles. The number of nitrogens with zero attached hydrogens (tertiary/aromatic N) is 4. The zero-order valence-electron chi connectivity index (χ0n) is 24.7. The molecule has 0 unspecified atom stereocenters. The number of benzene rings is 2. The number of hydrogen-bond donors (Lipinski definition) is 1. The van der Waals surface area contributed by atoms with Gasteiger partial charge in [0.05, 0.1) is 11.6 Å². The van der Waals surface area contributed by atoms with Crippen LogP contribution in [0.5, 0.6) is 0 Å². The summed E-state index contributed by atoms with van der Waals surface area (Å²) >= 11 is 0. The lowest BCUT2D eigenvalue weighted by molar-refractivity contribution is -0.138. The molecule has 0 radical (unpaired) electrons. The molecule has 2 amide bonds. The second kappa shape index (κ2) is 11.9. The Balaban J connectivity index is 0.927. The fraction of sp³-hybridized carbons (Fsp3) is 0.457. The van der Waals surface area contributed by atoms with E-state index in [2.05, 4.69) is 39.2 Å². The number of anilines is 1. The fourth-order valence-corrected chi connectivity index (χ4v) is 6.73. The molecule has 7 rings (SSSR count). The van der Waals surface area contributed by atoms with E-state index in [1.54, 1.807) is 0 Å². The minimum atomic E-state index is -0.274. The van der Waals surface area contributed by atoms with Crippen molar-refractivity contribution in [1.29, 1.82) is 5.26 Å². The summed E-state index contributed by atoms with van der Waals surface area (Å²) in [5.74, 6) is -0.0104. The molecule has 2 aromatic heterocycles. The van der Waals surface area contributed by atoms with E-state index in [9.17, 15) is 14.9 Å². The summed E-state index contributed by atoms with van der Waals surface area (Å²) in [7, 11) is 0. The van der Waals surface area contributed by atoms with Crippen molar-refractivity contribution >= 4 is 39.4 Å². The van der Waals surface area contributed by atoms with Gasteiger partial charge in [-0.15, -0.1) is 0 Å². The van der Waals surface area contributed by atoms with E-state index in [1.807, 2.05) is 30.3 Å². The second-order valence-electron chi connectivity index (χ2n) is 12.5. The summed E-state index contributed by atoms with van der Waals surface area (Å²) < 4.78 is 6.00. The van der Waals surface area contributed by atoms with E-state index < -0.39 is 0 Å². The van der Waals surface area contributed by atoms with E-state index in [4.69, 9.17) is 4.42 Å². The molecule has 3 fully saturated rings. The number of rotatable bonds is 9. The van der Waals surface area contributed by atoms with Crippen LogP contribution in [0.25, 0.3) is 21.9 Å². The van der Waals surface area contributed by atoms with Crippen molar-refractivity contribution < 1.29 is 14.0 Å². The molecule has 1 saturated heterocycles. The van der Waals surface area contributed by atoms with Crippen LogP contribution in [0.3, 0.4) is 0 Å². The maximum Gasteiger partial charge on any atom is 0.296 e. The van der Waals surface area contributed by atoms with E-state index in [-0.39, 0.29) is 29.5 Å². The number of unbranched alkanes of at least 4 members (excludes halogenated alkanes) is 1. The molecular formula is C35H39N5O3. The highest BCUT2D eigenvalue weighted by molar-refractivity contribution is 6.06. The Morgan fingerprint density at radius 2 is 1.79 bits per heavy atom. The van der Waals surface area contributed by atoms with E-state index in [0.717, 1.165) is 112 Å². The number of carbonyl (C=O) groups excluding carboxylic acids is 2. The Kier molecular flexibility index (Phi) is 7.67. The number of nitrogens with one attached hydrogen (secondary N) is 1. The third-order valence-corrected chi connectivity index (χ3v) is 9.87. The molecule has 1 N–H and O–H groups in total. The van der Waals surface area contributed by atoms with E-state index in [1.165, 1.54) is 10.5 Å². The highest BCUT2D eigenvalue weighted by Gasteiger charge is 2.40. The Bertz CT molecular complexity index is 1680. The molecule has 2 aromatic carbocycles. The summed E-state index contributed by atoms with van der Waals surface area (Å²) in [4.78, 5) is 36.4. The van der Waals surface area contributed by atoms with Crippen LogP contribution < -0.4 is 4.90 Å². The highest BCUT2D eigenvalue weighted by atomic mass is 16.3. The van der Waals surface area contributed by atoms with Crippen LogP contribution in [0, 0.1) is 17.2 Å². The van der Waals surface area contributed by atoms with Gasteiger partial charge in [0.25, 0.3) is 5.91 Å². The number of aryl methyl sites for hydroxylation is 1. The lowest BCUT2D eigenvalue weighted by Crippen LogP contribution is -2.51. The number of amides is 2. The van der Waals surface area contributed by atoms with Gasteiger partial charge in [-0.1, -0.05) is 6.42 Å². The maximum absolute atomic E-state index is 13.5. The second-order valence-corrected chi connectivity index (χ2v) is 12.5. The molecule has 3 heterocycles. The largest absolute Gasteiger partial charge is 0.451 e. The SMILES string of the molecule is N#Cc1ccc2[nH]cc(CCCCN3CCN(c4ccc5oc(C(=O)N(C(=O)C6CCC6)C6CCC6)cc5c4)CC3)c2c1. The molecule has 4 aromatic rings. The van der Waals surface area contributed by atoms with Gasteiger partial charge >= 0.3 is 0 Å². The van der Waals surface area contributed by atoms with Crippen molar-refractivity contribution in [1.82, 2.24) is 14.8 Å². The van der Waals surface area contributed by atoms with Gasteiger partial charge in [0.15, 0.2) is 5.76 Å². The molecule has 222 valence electrons. The van der Waals surface area contributed by atoms with Gasteiger partial charge in [-0.05, 0) is 106 Å². The number of fused-ring (bicyclic) bond motifs is 2. The van der Waals surface area contributed by atoms with E-state index in [0.29, 0.717) is 11.1 Å². The number of aromatic nitrogens is 1. The van der Waals surface area contributed by atoms with Gasteiger partial charge in [0.2, 0.25) is 5.91 Å². The van der Waals surface area contributed by atoms with Crippen molar-refractivity contribution in [2.24, 2.45) is 5.92 Å². The number of H-pyrrole nitrogens is 1. The van der Waals surface area contributed by atoms with Crippen LogP contribution in [0.2, 0.25) is 0 Å². The zero-order chi connectivity index (χ0) is 29.3. The minimum absolute atomic E-state index is 0.00243. The monoisotopic (exact) mass is 577 g/mol. The van der Waals surface area contributed by atoms with Gasteiger partial charge < -0.3 is 14.3 Å². The average Bonchev–Trinajstić information content (AvgIpc) is 3.59. The summed E-state index contributed by atoms with van der Waals surface area (Å²) in [6.45, 7) is 5.04. The van der Waals surface area contributed by atoms with Crippen molar-refractivity contribution in [2.45, 2.75) is 63.8 Å². The van der Waals surface area contributed by atoms with Crippen molar-refractivity contribution in [3.05, 3.63) is 65.5 Å². The predicted molar refractivity (Wildman–Crippen MR) is 167 cm³/mol. The standard InChI is InChI=1S/C35H39N5O3/c36-22-24-10-12-31-30(19-24)26(23-37-31)5-1-2-14-38-15-17-39(18-16-38)29-11-13-32-27(20-29)21-33(43-32)35(42)40(28-8-4-9-28)34(41)25-6-3-7-25/h10-13,19-21,23,25,28,37H,1-9,14-18H2. The topological polar surface area (TPSA) is 96.6 Å². The molecule has 2 saturated carbocycles. The van der Waals surface area contributed by atoms with Crippen LogP contribution in [-0.2, 0) is 11.2 Å². The molecule has 0 atom stereocenters. The summed E-state index contributed by atoms with van der Waals surface area (Å²) in [5.41, 5.74) is 4.92. The minimum Gasteiger partial charge on any atom is -0.451 e. The first-order chi connectivity index (χ1) is 21.1. The Morgan fingerprint density at radius 3 is 2.51 bits per heavy atom. The number of imide groups is 1. The molecule has 0 spiro atoms. The Morgan fingerprint density at radius 1 is 0.977 bits per heavy atom. The van der Waals surface area contributed by atoms with Crippen LogP contribution >= 0.6 is 0 Å². The number of carbonyl (C=O) groups is 2. The van der Waals surface area contributed by atoms with Crippen LogP contribution in [0.15, 0.2) is 53.1 Å². The number of piperazine rings is 1. The maximum atomic E-state index is 13.5. The molecule has 8 heteroatoms. The lowest BCUT2D eigenvalue weighted by atomic mass is 9.82. The first-order valence-corrected chi connectivity index (χ1v) is 16.0. The molecular weight excluding hydrogens is 538 g/mol. The van der Waals surface area contributed by atoms with Crippen LogP contribution in [-0.4, -0.2) is 65.4 Å². The van der Waals surface area contributed by atoms with Crippen molar-refractivity contribution in [3.63, 3.8) is 0 Å². The van der Waals surface area contributed by atoms with Gasteiger partial charge in [-0.25, -0.2) is 0 Å². The number of hydrogen-bond acceptors (Lipinski definition) is 6. The zero-order valence-corrected chi connectivity index (χ0v) is 24.7.